The highest BCUT2D eigenvalue weighted by Crippen LogP contribution is 2.38. The van der Waals surface area contributed by atoms with Gasteiger partial charge in [-0.15, -0.1) is 0 Å². The van der Waals surface area contributed by atoms with Crippen molar-refractivity contribution in [3.63, 3.8) is 0 Å². The Morgan fingerprint density at radius 1 is 1.39 bits per heavy atom. The molecule has 0 radical (unpaired) electrons. The van der Waals surface area contributed by atoms with Gasteiger partial charge >= 0.3 is 0 Å². The molecule has 2 unspecified atom stereocenters. The fourth-order valence-electron chi connectivity index (χ4n) is 2.84. The molecule has 1 fully saturated rings. The summed E-state index contributed by atoms with van der Waals surface area (Å²) in [6, 6.07) is 6.31. The molecule has 0 saturated heterocycles. The number of nitrogens with two attached hydrogens (primary N) is 1. The van der Waals surface area contributed by atoms with E-state index in [-0.39, 0.29) is 11.5 Å². The van der Waals surface area contributed by atoms with Crippen molar-refractivity contribution in [2.75, 3.05) is 0 Å². The number of Topliss-reactive ketones (excluding diaryl/α,β-unsaturated/α-hetero) is 1. The van der Waals surface area contributed by atoms with E-state index in [2.05, 4.69) is 32.0 Å². The molecule has 0 amide bonds. The monoisotopic (exact) mass is 245 g/mol. The normalized spacial score (nSPS) is 27.4. The lowest BCUT2D eigenvalue weighted by molar-refractivity contribution is -0.127. The van der Waals surface area contributed by atoms with E-state index in [0.29, 0.717) is 12.2 Å². The maximum atomic E-state index is 12.5. The van der Waals surface area contributed by atoms with Crippen LogP contribution in [-0.4, -0.2) is 11.8 Å². The first kappa shape index (κ1) is 13.3. The second-order valence-electron chi connectivity index (χ2n) is 5.93. The third-order valence-electron chi connectivity index (χ3n) is 4.60. The fraction of sp³-hybridized carbons (Fsp3) is 0.562. The minimum atomic E-state index is -0.307. The lowest BCUT2D eigenvalue weighted by atomic mass is 9.78. The molecule has 0 heterocycles. The van der Waals surface area contributed by atoms with Crippen LogP contribution in [-0.2, 0) is 11.2 Å². The van der Waals surface area contributed by atoms with Gasteiger partial charge in [0.2, 0.25) is 0 Å². The third-order valence-corrected chi connectivity index (χ3v) is 4.60. The van der Waals surface area contributed by atoms with Crippen molar-refractivity contribution >= 4 is 5.78 Å². The number of hydrogen-bond acceptors (Lipinski definition) is 2. The Morgan fingerprint density at radius 3 is 2.67 bits per heavy atom. The van der Waals surface area contributed by atoms with Gasteiger partial charge in [0.1, 0.15) is 5.78 Å². The molecule has 2 heteroatoms. The Bertz CT molecular complexity index is 466. The predicted octanol–water partition coefficient (Wildman–Crippen LogP) is 2.93. The standard InChI is InChI=1S/C16H23NO/c1-11-6-7-13(9-12(11)2)10-15(18)16(3)8-4-5-14(16)17/h6-7,9,14H,4-5,8,10,17H2,1-3H3. The molecule has 1 aliphatic carbocycles. The van der Waals surface area contributed by atoms with Gasteiger partial charge in [0.05, 0.1) is 0 Å². The Hall–Kier alpha value is -1.15. The highest BCUT2D eigenvalue weighted by molar-refractivity contribution is 5.87. The molecular formula is C16H23NO. The molecule has 2 N–H and O–H groups in total. The van der Waals surface area contributed by atoms with E-state index in [0.717, 1.165) is 24.8 Å². The van der Waals surface area contributed by atoms with Crippen LogP contribution in [0.5, 0.6) is 0 Å². The number of ketones is 1. The SMILES string of the molecule is Cc1ccc(CC(=O)C2(C)CCCC2N)cc1C. The summed E-state index contributed by atoms with van der Waals surface area (Å²) in [5.74, 6) is 0.302. The molecule has 0 spiro atoms. The minimum Gasteiger partial charge on any atom is -0.327 e. The van der Waals surface area contributed by atoms with E-state index in [4.69, 9.17) is 5.73 Å². The van der Waals surface area contributed by atoms with Gasteiger partial charge in [-0.2, -0.15) is 0 Å². The van der Waals surface area contributed by atoms with Gasteiger partial charge in [0, 0.05) is 17.9 Å². The van der Waals surface area contributed by atoms with Gasteiger partial charge in [0.15, 0.2) is 0 Å². The largest absolute Gasteiger partial charge is 0.327 e. The first-order chi connectivity index (χ1) is 8.43. The minimum absolute atomic E-state index is 0.0385. The Labute approximate surface area is 110 Å². The maximum Gasteiger partial charge on any atom is 0.144 e. The number of aryl methyl sites for hydroxylation is 2. The molecule has 18 heavy (non-hydrogen) atoms. The van der Waals surface area contributed by atoms with Crippen LogP contribution in [0, 0.1) is 19.3 Å². The Kier molecular flexibility index (Phi) is 3.58. The van der Waals surface area contributed by atoms with Crippen LogP contribution in [0.2, 0.25) is 0 Å². The molecule has 1 aromatic carbocycles. The highest BCUT2D eigenvalue weighted by Gasteiger charge is 2.42. The zero-order chi connectivity index (χ0) is 13.3. The van der Waals surface area contributed by atoms with Crippen molar-refractivity contribution in [3.05, 3.63) is 34.9 Å². The maximum absolute atomic E-state index is 12.5. The number of carbonyl (C=O) groups excluding carboxylic acids is 1. The van der Waals surface area contributed by atoms with Crippen molar-refractivity contribution < 1.29 is 4.79 Å². The molecule has 1 saturated carbocycles. The summed E-state index contributed by atoms with van der Waals surface area (Å²) in [5, 5.41) is 0. The average molecular weight is 245 g/mol. The van der Waals surface area contributed by atoms with Crippen LogP contribution < -0.4 is 5.73 Å². The van der Waals surface area contributed by atoms with Gasteiger partial charge in [-0.25, -0.2) is 0 Å². The van der Waals surface area contributed by atoms with E-state index in [1.165, 1.54) is 11.1 Å². The summed E-state index contributed by atoms with van der Waals surface area (Å²) < 4.78 is 0. The number of hydrogen-bond donors (Lipinski definition) is 1. The molecule has 0 aromatic heterocycles. The predicted molar refractivity (Wildman–Crippen MR) is 74.6 cm³/mol. The lowest BCUT2D eigenvalue weighted by Gasteiger charge is -2.27. The topological polar surface area (TPSA) is 43.1 Å². The van der Waals surface area contributed by atoms with Gasteiger partial charge in [-0.1, -0.05) is 31.5 Å². The Balaban J connectivity index is 2.14. The summed E-state index contributed by atoms with van der Waals surface area (Å²) in [4.78, 5) is 12.5. The van der Waals surface area contributed by atoms with E-state index in [9.17, 15) is 4.79 Å². The summed E-state index contributed by atoms with van der Waals surface area (Å²) in [6.45, 7) is 6.22. The van der Waals surface area contributed by atoms with Crippen LogP contribution in [0.4, 0.5) is 0 Å². The van der Waals surface area contributed by atoms with Crippen LogP contribution in [0.25, 0.3) is 0 Å². The van der Waals surface area contributed by atoms with Gasteiger partial charge in [0.25, 0.3) is 0 Å². The highest BCUT2D eigenvalue weighted by atomic mass is 16.1. The molecule has 2 nitrogen and oxygen atoms in total. The van der Waals surface area contributed by atoms with Gasteiger partial charge in [-0.3, -0.25) is 4.79 Å². The number of benzene rings is 1. The van der Waals surface area contributed by atoms with Crippen molar-refractivity contribution in [2.24, 2.45) is 11.1 Å². The van der Waals surface area contributed by atoms with Crippen LogP contribution in [0.1, 0.15) is 42.9 Å². The summed E-state index contributed by atoms with van der Waals surface area (Å²) in [6.07, 6.45) is 3.52. The van der Waals surface area contributed by atoms with Gasteiger partial charge < -0.3 is 5.73 Å². The second-order valence-corrected chi connectivity index (χ2v) is 5.93. The summed E-state index contributed by atoms with van der Waals surface area (Å²) >= 11 is 0. The molecule has 0 bridgehead atoms. The van der Waals surface area contributed by atoms with Crippen molar-refractivity contribution in [1.82, 2.24) is 0 Å². The smallest absolute Gasteiger partial charge is 0.144 e. The molecule has 1 aromatic rings. The average Bonchev–Trinajstić information content (AvgIpc) is 2.66. The molecule has 2 atom stereocenters. The fourth-order valence-corrected chi connectivity index (χ4v) is 2.84. The second kappa shape index (κ2) is 4.85. The van der Waals surface area contributed by atoms with Crippen molar-refractivity contribution in [1.29, 1.82) is 0 Å². The third kappa shape index (κ3) is 2.35. The van der Waals surface area contributed by atoms with Crippen molar-refractivity contribution in [2.45, 2.75) is 52.5 Å². The number of rotatable bonds is 3. The zero-order valence-corrected chi connectivity index (χ0v) is 11.6. The molecular weight excluding hydrogens is 222 g/mol. The Morgan fingerprint density at radius 2 is 2.11 bits per heavy atom. The lowest BCUT2D eigenvalue weighted by Crippen LogP contribution is -2.41. The molecule has 1 aliphatic rings. The van der Waals surface area contributed by atoms with E-state index >= 15 is 0 Å². The van der Waals surface area contributed by atoms with Crippen LogP contribution in [0.15, 0.2) is 18.2 Å². The molecule has 98 valence electrons. The van der Waals surface area contributed by atoms with Crippen LogP contribution in [0.3, 0.4) is 0 Å². The van der Waals surface area contributed by atoms with E-state index in [1.54, 1.807) is 0 Å². The van der Waals surface area contributed by atoms with Crippen LogP contribution >= 0.6 is 0 Å². The van der Waals surface area contributed by atoms with Gasteiger partial charge in [-0.05, 0) is 43.4 Å². The van der Waals surface area contributed by atoms with Crippen molar-refractivity contribution in [3.8, 4) is 0 Å². The summed E-state index contributed by atoms with van der Waals surface area (Å²) in [7, 11) is 0. The summed E-state index contributed by atoms with van der Waals surface area (Å²) in [5.41, 5.74) is 9.43. The van der Waals surface area contributed by atoms with E-state index in [1.807, 2.05) is 6.92 Å². The first-order valence-corrected chi connectivity index (χ1v) is 6.78. The quantitative estimate of drug-likeness (QED) is 0.889. The zero-order valence-electron chi connectivity index (χ0n) is 11.6. The number of carbonyl (C=O) groups is 1. The first-order valence-electron chi connectivity index (χ1n) is 6.78. The molecule has 0 aliphatic heterocycles. The van der Waals surface area contributed by atoms with E-state index < -0.39 is 0 Å². The molecule has 2 rings (SSSR count).